The van der Waals surface area contributed by atoms with Crippen LogP contribution in [0.25, 0.3) is 0 Å². The minimum absolute atomic E-state index is 0.292. The second kappa shape index (κ2) is 9.30. The summed E-state index contributed by atoms with van der Waals surface area (Å²) in [6.45, 7) is 1.48. The van der Waals surface area contributed by atoms with E-state index in [2.05, 4.69) is 9.89 Å². The third-order valence-electron chi connectivity index (χ3n) is 3.40. The van der Waals surface area contributed by atoms with Gasteiger partial charge in [0.25, 0.3) is 0 Å². The lowest BCUT2D eigenvalue weighted by atomic mass is 10.2. The lowest BCUT2D eigenvalue weighted by molar-refractivity contribution is 0.471. The summed E-state index contributed by atoms with van der Waals surface area (Å²) >= 11 is 11.6. The second-order valence-electron chi connectivity index (χ2n) is 5.06. The normalized spacial score (nSPS) is 10.9. The van der Waals surface area contributed by atoms with E-state index in [1.807, 2.05) is 24.3 Å². The van der Waals surface area contributed by atoms with Gasteiger partial charge in [0, 0.05) is 36.8 Å². The number of halogens is 2. The number of rotatable bonds is 7. The summed E-state index contributed by atoms with van der Waals surface area (Å²) in [5.74, 6) is 0.791. The van der Waals surface area contributed by atoms with Crippen molar-refractivity contribution >= 4 is 40.8 Å². The lowest BCUT2D eigenvalue weighted by Crippen LogP contribution is -2.27. The molecule has 6 heteroatoms. The molecule has 0 heterocycles. The summed E-state index contributed by atoms with van der Waals surface area (Å²) in [6.07, 6.45) is 1.70. The van der Waals surface area contributed by atoms with Gasteiger partial charge in [-0.25, -0.2) is 0 Å². The van der Waals surface area contributed by atoms with Gasteiger partial charge < -0.3 is 10.0 Å². The van der Waals surface area contributed by atoms with E-state index in [4.69, 9.17) is 23.2 Å². The van der Waals surface area contributed by atoms with E-state index in [0.29, 0.717) is 17.4 Å². The number of hydrogen-bond donors (Lipinski definition) is 1. The van der Waals surface area contributed by atoms with Crippen LogP contribution in [0.1, 0.15) is 5.56 Å². The highest BCUT2D eigenvalue weighted by atomic mass is 35.5. The molecular formula is C18H18Cl2N2O2. The lowest BCUT2D eigenvalue weighted by Gasteiger charge is -2.22. The van der Waals surface area contributed by atoms with E-state index in [1.165, 1.54) is 12.1 Å². The minimum atomic E-state index is -0.431. The number of benzene rings is 1. The Bertz CT molecular complexity index is 743. The highest BCUT2D eigenvalue weighted by Crippen LogP contribution is 2.16. The molecule has 126 valence electrons. The zero-order chi connectivity index (χ0) is 17.4. The third-order valence-corrected chi connectivity index (χ3v) is 3.74. The first kappa shape index (κ1) is 18.3. The van der Waals surface area contributed by atoms with E-state index in [0.717, 1.165) is 24.3 Å². The second-order valence-corrected chi connectivity index (χ2v) is 5.81. The van der Waals surface area contributed by atoms with Crippen molar-refractivity contribution in [3.63, 3.8) is 0 Å². The van der Waals surface area contributed by atoms with Crippen molar-refractivity contribution in [2.45, 2.75) is 0 Å². The summed E-state index contributed by atoms with van der Waals surface area (Å²) in [5, 5.41) is 9.37. The van der Waals surface area contributed by atoms with E-state index in [1.54, 1.807) is 18.3 Å². The van der Waals surface area contributed by atoms with Crippen molar-refractivity contribution in [2.75, 3.05) is 29.7 Å². The van der Waals surface area contributed by atoms with Gasteiger partial charge in [-0.15, -0.1) is 23.2 Å². The first-order valence-corrected chi connectivity index (χ1v) is 8.55. The Hall–Kier alpha value is -2.04. The van der Waals surface area contributed by atoms with Gasteiger partial charge in [0.15, 0.2) is 5.75 Å². The molecule has 0 saturated carbocycles. The van der Waals surface area contributed by atoms with Gasteiger partial charge in [-0.3, -0.25) is 9.79 Å². The van der Waals surface area contributed by atoms with Gasteiger partial charge >= 0.3 is 0 Å². The minimum Gasteiger partial charge on any atom is -0.504 e. The predicted molar refractivity (Wildman–Crippen MR) is 102 cm³/mol. The van der Waals surface area contributed by atoms with E-state index >= 15 is 0 Å². The molecule has 0 unspecified atom stereocenters. The van der Waals surface area contributed by atoms with Crippen LogP contribution in [0.2, 0.25) is 0 Å². The molecule has 4 nitrogen and oxygen atoms in total. The molecule has 0 atom stereocenters. The largest absolute Gasteiger partial charge is 0.504 e. The van der Waals surface area contributed by atoms with Crippen LogP contribution in [0, 0.1) is 0 Å². The topological polar surface area (TPSA) is 52.9 Å². The van der Waals surface area contributed by atoms with Gasteiger partial charge in [-0.2, -0.15) is 0 Å². The molecule has 24 heavy (non-hydrogen) atoms. The van der Waals surface area contributed by atoms with Crippen molar-refractivity contribution in [3.05, 3.63) is 64.3 Å². The third kappa shape index (κ3) is 5.25. The van der Waals surface area contributed by atoms with Crippen molar-refractivity contribution in [2.24, 2.45) is 4.99 Å². The van der Waals surface area contributed by atoms with Gasteiger partial charge in [0.1, 0.15) is 0 Å². The Morgan fingerprint density at radius 3 is 2.21 bits per heavy atom. The predicted octanol–water partition coefficient (Wildman–Crippen LogP) is 3.79. The molecule has 0 saturated heterocycles. The average molecular weight is 365 g/mol. The van der Waals surface area contributed by atoms with Gasteiger partial charge in [0.2, 0.25) is 5.43 Å². The van der Waals surface area contributed by atoms with E-state index < -0.39 is 5.43 Å². The van der Waals surface area contributed by atoms with Gasteiger partial charge in [-0.1, -0.05) is 12.1 Å². The van der Waals surface area contributed by atoms with Crippen molar-refractivity contribution < 1.29 is 5.11 Å². The molecule has 2 aromatic rings. The number of aromatic hydroxyl groups is 1. The van der Waals surface area contributed by atoms with Crippen LogP contribution in [0.4, 0.5) is 11.4 Å². The highest BCUT2D eigenvalue weighted by molar-refractivity contribution is 6.18. The molecule has 0 aliphatic heterocycles. The van der Waals surface area contributed by atoms with Crippen LogP contribution in [0.3, 0.4) is 0 Å². The van der Waals surface area contributed by atoms with Crippen LogP contribution in [-0.2, 0) is 0 Å². The summed E-state index contributed by atoms with van der Waals surface area (Å²) in [4.78, 5) is 17.8. The van der Waals surface area contributed by atoms with E-state index in [9.17, 15) is 9.90 Å². The van der Waals surface area contributed by atoms with Crippen LogP contribution in [-0.4, -0.2) is 36.2 Å². The zero-order valence-electron chi connectivity index (χ0n) is 13.0. The van der Waals surface area contributed by atoms with Crippen molar-refractivity contribution in [1.29, 1.82) is 0 Å². The van der Waals surface area contributed by atoms with Crippen LogP contribution in [0.15, 0.2) is 58.3 Å². The Morgan fingerprint density at radius 1 is 0.958 bits per heavy atom. The molecule has 0 aromatic heterocycles. The summed E-state index contributed by atoms with van der Waals surface area (Å²) in [6, 6.07) is 13.7. The summed E-state index contributed by atoms with van der Waals surface area (Å²) < 4.78 is 0. The number of alkyl halides is 2. The summed E-state index contributed by atoms with van der Waals surface area (Å²) in [7, 11) is 0. The maximum Gasteiger partial charge on any atom is 0.220 e. The first-order chi connectivity index (χ1) is 11.6. The monoisotopic (exact) mass is 364 g/mol. The standard InChI is InChI=1S/C18H18Cl2N2O2/c19-9-11-22(12-10-20)16-5-1-14(2-6-16)13-21-15-3-7-17(23)18(24)8-4-15/h1-8,13H,9-12H2,(H,23,24). The molecule has 0 fully saturated rings. The Morgan fingerprint density at radius 2 is 1.58 bits per heavy atom. The Kier molecular flexibility index (Phi) is 7.09. The smallest absolute Gasteiger partial charge is 0.220 e. The fraction of sp³-hybridized carbons (Fsp3) is 0.222. The molecule has 0 aliphatic carbocycles. The van der Waals surface area contributed by atoms with Crippen molar-refractivity contribution in [3.8, 4) is 5.75 Å². The number of anilines is 1. The van der Waals surface area contributed by atoms with Crippen LogP contribution in [0.5, 0.6) is 5.75 Å². The maximum absolute atomic E-state index is 11.3. The fourth-order valence-corrected chi connectivity index (χ4v) is 2.54. The maximum atomic E-state index is 11.3. The fourth-order valence-electron chi connectivity index (χ4n) is 2.13. The molecule has 0 aliphatic rings. The SMILES string of the molecule is O=c1ccc(N=Cc2ccc(N(CCCl)CCCl)cc2)ccc1O. The zero-order valence-corrected chi connectivity index (χ0v) is 14.5. The quantitative estimate of drug-likeness (QED) is 0.600. The van der Waals surface area contributed by atoms with Gasteiger partial charge in [-0.05, 0) is 42.0 Å². The molecule has 0 amide bonds. The van der Waals surface area contributed by atoms with Crippen molar-refractivity contribution in [1.82, 2.24) is 0 Å². The van der Waals surface area contributed by atoms with Gasteiger partial charge in [0.05, 0.1) is 5.69 Å². The Balaban J connectivity index is 2.13. The number of nitrogens with zero attached hydrogens (tertiary/aromatic N) is 2. The molecule has 1 N–H and O–H groups in total. The molecule has 2 rings (SSSR count). The summed E-state index contributed by atoms with van der Waals surface area (Å²) in [5.41, 5.74) is 2.14. The average Bonchev–Trinajstić information content (AvgIpc) is 2.76. The first-order valence-electron chi connectivity index (χ1n) is 7.48. The van der Waals surface area contributed by atoms with Crippen LogP contribution >= 0.6 is 23.2 Å². The highest BCUT2D eigenvalue weighted by Gasteiger charge is 2.04. The molecule has 0 bridgehead atoms. The molecular weight excluding hydrogens is 347 g/mol. The van der Waals surface area contributed by atoms with Crippen LogP contribution < -0.4 is 10.3 Å². The molecule has 0 radical (unpaired) electrons. The number of aliphatic imine (C=N–C) groups is 1. The van der Waals surface area contributed by atoms with E-state index in [-0.39, 0.29) is 5.75 Å². The number of hydrogen-bond acceptors (Lipinski definition) is 4. The Labute approximate surface area is 151 Å². The molecule has 0 spiro atoms. The molecule has 2 aromatic carbocycles.